The molecule has 0 saturated carbocycles. The molecule has 2 N–H and O–H groups in total. The van der Waals surface area contributed by atoms with Crippen molar-refractivity contribution in [2.45, 2.75) is 26.4 Å². The van der Waals surface area contributed by atoms with Gasteiger partial charge in [-0.25, -0.2) is 4.79 Å². The van der Waals surface area contributed by atoms with E-state index in [1.54, 1.807) is 19.1 Å². The zero-order valence-electron chi connectivity index (χ0n) is 9.60. The van der Waals surface area contributed by atoms with Crippen LogP contribution >= 0.6 is 0 Å². The summed E-state index contributed by atoms with van der Waals surface area (Å²) in [6, 6.07) is 7.08. The van der Waals surface area contributed by atoms with Crippen molar-refractivity contribution in [1.82, 2.24) is 0 Å². The molecule has 0 radical (unpaired) electrons. The van der Waals surface area contributed by atoms with E-state index in [-0.39, 0.29) is 5.97 Å². The number of carbonyl (C=O) groups is 1. The van der Waals surface area contributed by atoms with Gasteiger partial charge >= 0.3 is 5.97 Å². The molecular formula is C12H17NO3. The number of nitrogen functional groups attached to an aromatic ring is 1. The summed E-state index contributed by atoms with van der Waals surface area (Å²) < 4.78 is 10.4. The molecule has 0 aliphatic rings. The number of esters is 1. The van der Waals surface area contributed by atoms with Crippen molar-refractivity contribution in [3.63, 3.8) is 0 Å². The van der Waals surface area contributed by atoms with Crippen LogP contribution in [0.5, 0.6) is 5.75 Å². The first kappa shape index (κ1) is 12.4. The number of hydrogen-bond acceptors (Lipinski definition) is 4. The molecule has 1 aromatic carbocycles. The van der Waals surface area contributed by atoms with Crippen LogP contribution in [0.25, 0.3) is 0 Å². The fraction of sp³-hybridized carbons (Fsp3) is 0.417. The molecule has 0 aliphatic carbocycles. The van der Waals surface area contributed by atoms with Crippen LogP contribution < -0.4 is 10.5 Å². The highest BCUT2D eigenvalue weighted by atomic mass is 16.6. The van der Waals surface area contributed by atoms with E-state index in [4.69, 9.17) is 15.2 Å². The smallest absolute Gasteiger partial charge is 0.347 e. The van der Waals surface area contributed by atoms with Crippen molar-refractivity contribution in [1.29, 1.82) is 0 Å². The summed E-state index contributed by atoms with van der Waals surface area (Å²) >= 11 is 0. The lowest BCUT2D eigenvalue weighted by Gasteiger charge is -2.16. The van der Waals surface area contributed by atoms with E-state index in [2.05, 4.69) is 0 Å². The molecule has 0 fully saturated rings. The number of hydrogen-bond donors (Lipinski definition) is 1. The van der Waals surface area contributed by atoms with Crippen molar-refractivity contribution in [2.24, 2.45) is 0 Å². The Morgan fingerprint density at radius 2 is 2.06 bits per heavy atom. The number of anilines is 1. The van der Waals surface area contributed by atoms with Gasteiger partial charge in [-0.05, 0) is 25.5 Å². The van der Waals surface area contributed by atoms with Gasteiger partial charge in [0.2, 0.25) is 0 Å². The molecule has 0 saturated heterocycles. The Balaban J connectivity index is 2.70. The monoisotopic (exact) mass is 223 g/mol. The molecule has 1 rings (SSSR count). The van der Waals surface area contributed by atoms with Gasteiger partial charge in [0.25, 0.3) is 0 Å². The van der Waals surface area contributed by atoms with Crippen LogP contribution in [0.3, 0.4) is 0 Å². The Bertz CT molecular complexity index is 352. The molecule has 4 nitrogen and oxygen atoms in total. The summed E-state index contributed by atoms with van der Waals surface area (Å²) in [6.07, 6.45) is -0.0441. The molecule has 0 amide bonds. The Morgan fingerprint density at radius 3 is 2.62 bits per heavy atom. The third-order valence-corrected chi connectivity index (χ3v) is 2.11. The average Bonchev–Trinajstić information content (AvgIpc) is 2.28. The minimum atomic E-state index is -0.593. The number of ether oxygens (including phenoxy) is 2. The van der Waals surface area contributed by atoms with E-state index in [0.717, 1.165) is 0 Å². The van der Waals surface area contributed by atoms with E-state index in [9.17, 15) is 4.79 Å². The van der Waals surface area contributed by atoms with Crippen molar-refractivity contribution in [3.05, 3.63) is 24.3 Å². The Morgan fingerprint density at radius 1 is 1.38 bits per heavy atom. The topological polar surface area (TPSA) is 61.5 Å². The summed E-state index contributed by atoms with van der Waals surface area (Å²) in [5, 5.41) is 0. The number of para-hydroxylation sites is 2. The minimum absolute atomic E-state index is 0.350. The molecule has 0 aromatic heterocycles. The first-order valence-corrected chi connectivity index (χ1v) is 5.36. The lowest BCUT2D eigenvalue weighted by atomic mass is 10.2. The average molecular weight is 223 g/mol. The molecule has 1 aromatic rings. The van der Waals surface area contributed by atoms with Crippen LogP contribution in [0.4, 0.5) is 5.69 Å². The van der Waals surface area contributed by atoms with Crippen molar-refractivity contribution < 1.29 is 14.3 Å². The summed E-state index contributed by atoms with van der Waals surface area (Å²) in [5.41, 5.74) is 6.24. The van der Waals surface area contributed by atoms with Gasteiger partial charge < -0.3 is 15.2 Å². The Kier molecular flexibility index (Phi) is 4.64. The normalized spacial score (nSPS) is 11.9. The highest BCUT2D eigenvalue weighted by Gasteiger charge is 2.20. The van der Waals surface area contributed by atoms with Crippen molar-refractivity contribution in [3.8, 4) is 5.75 Å². The third kappa shape index (κ3) is 3.15. The second-order valence-corrected chi connectivity index (χ2v) is 3.30. The zero-order valence-corrected chi connectivity index (χ0v) is 9.60. The van der Waals surface area contributed by atoms with Gasteiger partial charge in [0.05, 0.1) is 12.3 Å². The van der Waals surface area contributed by atoms with E-state index in [1.807, 2.05) is 19.1 Å². The highest BCUT2D eigenvalue weighted by Crippen LogP contribution is 2.22. The van der Waals surface area contributed by atoms with Crippen LogP contribution in [0, 0.1) is 0 Å². The van der Waals surface area contributed by atoms with Gasteiger partial charge in [-0.1, -0.05) is 19.1 Å². The number of benzene rings is 1. The lowest BCUT2D eigenvalue weighted by Crippen LogP contribution is -2.28. The number of rotatable bonds is 5. The molecule has 1 unspecified atom stereocenters. The van der Waals surface area contributed by atoms with E-state index in [1.165, 1.54) is 0 Å². The molecular weight excluding hydrogens is 206 g/mol. The van der Waals surface area contributed by atoms with Gasteiger partial charge in [0.15, 0.2) is 6.10 Å². The third-order valence-electron chi connectivity index (χ3n) is 2.11. The van der Waals surface area contributed by atoms with Gasteiger partial charge in [-0.2, -0.15) is 0 Å². The fourth-order valence-electron chi connectivity index (χ4n) is 1.27. The predicted octanol–water partition coefficient (Wildman–Crippen LogP) is 1.99. The summed E-state index contributed by atoms with van der Waals surface area (Å²) in [4.78, 5) is 11.5. The van der Waals surface area contributed by atoms with Crippen LogP contribution in [0.1, 0.15) is 20.3 Å². The maximum atomic E-state index is 11.5. The molecule has 0 aliphatic heterocycles. The SMILES string of the molecule is CCOC(=O)C(CC)Oc1ccccc1N. The van der Waals surface area contributed by atoms with Gasteiger partial charge in [-0.3, -0.25) is 0 Å². The minimum Gasteiger partial charge on any atom is -0.477 e. The molecule has 0 spiro atoms. The predicted molar refractivity (Wildman–Crippen MR) is 62.2 cm³/mol. The summed E-state index contributed by atoms with van der Waals surface area (Å²) in [6.45, 7) is 3.98. The summed E-state index contributed by atoms with van der Waals surface area (Å²) in [7, 11) is 0. The van der Waals surface area contributed by atoms with Crippen LogP contribution in [-0.4, -0.2) is 18.7 Å². The second-order valence-electron chi connectivity index (χ2n) is 3.30. The van der Waals surface area contributed by atoms with E-state index >= 15 is 0 Å². The molecule has 4 heteroatoms. The number of nitrogens with two attached hydrogens (primary N) is 1. The van der Waals surface area contributed by atoms with E-state index < -0.39 is 6.10 Å². The lowest BCUT2D eigenvalue weighted by molar-refractivity contribution is -0.151. The Labute approximate surface area is 95.3 Å². The fourth-order valence-corrected chi connectivity index (χ4v) is 1.27. The van der Waals surface area contributed by atoms with Gasteiger partial charge in [0, 0.05) is 0 Å². The zero-order chi connectivity index (χ0) is 12.0. The van der Waals surface area contributed by atoms with Crippen LogP contribution in [0.15, 0.2) is 24.3 Å². The molecule has 0 heterocycles. The molecule has 16 heavy (non-hydrogen) atoms. The van der Waals surface area contributed by atoms with E-state index in [0.29, 0.717) is 24.5 Å². The maximum absolute atomic E-state index is 11.5. The standard InChI is InChI=1S/C12H17NO3/c1-3-10(12(14)15-4-2)16-11-8-6-5-7-9(11)13/h5-8,10H,3-4,13H2,1-2H3. The van der Waals surface area contributed by atoms with Crippen LogP contribution in [0.2, 0.25) is 0 Å². The van der Waals surface area contributed by atoms with Crippen LogP contribution in [-0.2, 0) is 9.53 Å². The summed E-state index contributed by atoms with van der Waals surface area (Å²) in [5.74, 6) is 0.163. The Hall–Kier alpha value is -1.71. The maximum Gasteiger partial charge on any atom is 0.347 e. The van der Waals surface area contributed by atoms with Gasteiger partial charge in [-0.15, -0.1) is 0 Å². The first-order chi connectivity index (χ1) is 7.69. The molecule has 1 atom stereocenters. The van der Waals surface area contributed by atoms with Gasteiger partial charge in [0.1, 0.15) is 5.75 Å². The highest BCUT2D eigenvalue weighted by molar-refractivity contribution is 5.75. The molecule has 0 bridgehead atoms. The van der Waals surface area contributed by atoms with Crippen molar-refractivity contribution >= 4 is 11.7 Å². The second kappa shape index (κ2) is 6.00. The van der Waals surface area contributed by atoms with Crippen molar-refractivity contribution in [2.75, 3.05) is 12.3 Å². The quantitative estimate of drug-likeness (QED) is 0.612. The molecule has 88 valence electrons. The first-order valence-electron chi connectivity index (χ1n) is 5.36. The number of carbonyl (C=O) groups excluding carboxylic acids is 1. The largest absolute Gasteiger partial charge is 0.477 e.